The molecule has 2 rings (SSSR count). The lowest BCUT2D eigenvalue weighted by atomic mass is 10.0. The third kappa shape index (κ3) is 5.37. The van der Waals surface area contributed by atoms with E-state index in [9.17, 15) is 4.79 Å². The summed E-state index contributed by atoms with van der Waals surface area (Å²) >= 11 is 0. The number of rotatable bonds is 4. The molecule has 0 bridgehead atoms. The molecular formula is C14H26N2O3. The summed E-state index contributed by atoms with van der Waals surface area (Å²) in [5.41, 5.74) is -0.427. The van der Waals surface area contributed by atoms with Gasteiger partial charge in [-0.1, -0.05) is 0 Å². The van der Waals surface area contributed by atoms with Gasteiger partial charge in [0.2, 0.25) is 0 Å². The minimum atomic E-state index is -0.427. The lowest BCUT2D eigenvalue weighted by Gasteiger charge is -2.22. The van der Waals surface area contributed by atoms with E-state index in [1.54, 1.807) is 0 Å². The summed E-state index contributed by atoms with van der Waals surface area (Å²) in [6.07, 6.45) is 2.98. The number of alkyl carbamates (subject to hydrolysis) is 1. The molecule has 0 radical (unpaired) electrons. The van der Waals surface area contributed by atoms with Crippen LogP contribution in [0.5, 0.6) is 0 Å². The Kier molecular flexibility index (Phi) is 4.68. The van der Waals surface area contributed by atoms with Gasteiger partial charge in [0.25, 0.3) is 0 Å². The number of ether oxygens (including phenoxy) is 2. The molecule has 0 aromatic carbocycles. The molecule has 1 heterocycles. The summed E-state index contributed by atoms with van der Waals surface area (Å²) in [7, 11) is 0. The van der Waals surface area contributed by atoms with Crippen molar-refractivity contribution in [2.75, 3.05) is 19.8 Å². The molecule has 2 aliphatic rings. The van der Waals surface area contributed by atoms with E-state index in [1.165, 1.54) is 0 Å². The summed E-state index contributed by atoms with van der Waals surface area (Å²) in [6, 6.07) is 0.644. The van der Waals surface area contributed by atoms with Crippen molar-refractivity contribution in [2.24, 2.45) is 5.92 Å². The number of hydrogen-bond donors (Lipinski definition) is 2. The minimum Gasteiger partial charge on any atom is -0.444 e. The van der Waals surface area contributed by atoms with Crippen molar-refractivity contribution >= 4 is 6.09 Å². The normalized spacial score (nSPS) is 27.9. The Bertz CT molecular complexity index is 308. The van der Waals surface area contributed by atoms with Crippen LogP contribution in [0.3, 0.4) is 0 Å². The topological polar surface area (TPSA) is 59.6 Å². The van der Waals surface area contributed by atoms with Crippen molar-refractivity contribution in [3.63, 3.8) is 0 Å². The molecule has 1 saturated heterocycles. The lowest BCUT2D eigenvalue weighted by molar-refractivity contribution is 0.0521. The van der Waals surface area contributed by atoms with Crippen LogP contribution in [0.25, 0.3) is 0 Å². The molecule has 0 aromatic heterocycles. The van der Waals surface area contributed by atoms with Crippen LogP contribution in [0, 0.1) is 5.92 Å². The first-order valence-electron chi connectivity index (χ1n) is 7.25. The zero-order valence-corrected chi connectivity index (χ0v) is 12.2. The highest BCUT2D eigenvalue weighted by Crippen LogP contribution is 2.23. The summed E-state index contributed by atoms with van der Waals surface area (Å²) < 4.78 is 10.6. The quantitative estimate of drug-likeness (QED) is 0.816. The Labute approximate surface area is 115 Å². The molecule has 110 valence electrons. The van der Waals surface area contributed by atoms with Gasteiger partial charge in [0.1, 0.15) is 5.60 Å². The maximum Gasteiger partial charge on any atom is 0.407 e. The second kappa shape index (κ2) is 6.09. The van der Waals surface area contributed by atoms with Gasteiger partial charge in [-0.3, -0.25) is 0 Å². The Morgan fingerprint density at radius 2 is 1.95 bits per heavy atom. The van der Waals surface area contributed by atoms with Crippen LogP contribution in [0.2, 0.25) is 0 Å². The number of nitrogens with one attached hydrogen (secondary N) is 2. The van der Waals surface area contributed by atoms with Crippen LogP contribution >= 0.6 is 0 Å². The highest BCUT2D eigenvalue weighted by Gasteiger charge is 2.39. The number of hydrogen-bond acceptors (Lipinski definition) is 4. The zero-order chi connectivity index (χ0) is 13.9. The van der Waals surface area contributed by atoms with Crippen molar-refractivity contribution in [1.82, 2.24) is 10.6 Å². The van der Waals surface area contributed by atoms with Gasteiger partial charge in [-0.15, -0.1) is 0 Å². The standard InChI is InChI=1S/C14H26N2O3/c1-14(2,3)19-13(17)16-12-8-11(12)15-9-10-4-6-18-7-5-10/h10-12,15H,4-9H2,1-3H3,(H,16,17). The molecule has 0 spiro atoms. The van der Waals surface area contributed by atoms with E-state index in [0.29, 0.717) is 6.04 Å². The summed E-state index contributed by atoms with van der Waals surface area (Å²) in [6.45, 7) is 8.43. The molecule has 1 saturated carbocycles. The van der Waals surface area contributed by atoms with E-state index in [1.807, 2.05) is 20.8 Å². The fourth-order valence-electron chi connectivity index (χ4n) is 2.31. The maximum atomic E-state index is 11.6. The van der Waals surface area contributed by atoms with Crippen LogP contribution in [-0.4, -0.2) is 43.5 Å². The van der Waals surface area contributed by atoms with Gasteiger partial charge in [0, 0.05) is 25.3 Å². The Morgan fingerprint density at radius 3 is 2.58 bits per heavy atom. The summed E-state index contributed by atoms with van der Waals surface area (Å²) in [4.78, 5) is 11.6. The fraction of sp³-hybridized carbons (Fsp3) is 0.929. The second-order valence-electron chi connectivity index (χ2n) is 6.56. The molecule has 19 heavy (non-hydrogen) atoms. The Hall–Kier alpha value is -0.810. The molecule has 2 atom stereocenters. The van der Waals surface area contributed by atoms with Crippen molar-refractivity contribution < 1.29 is 14.3 Å². The van der Waals surface area contributed by atoms with E-state index < -0.39 is 5.60 Å². The predicted octanol–water partition coefficient (Wildman–Crippen LogP) is 1.67. The largest absolute Gasteiger partial charge is 0.444 e. The second-order valence-corrected chi connectivity index (χ2v) is 6.56. The summed E-state index contributed by atoms with van der Waals surface area (Å²) in [5.74, 6) is 0.719. The van der Waals surface area contributed by atoms with Gasteiger partial charge >= 0.3 is 6.09 Å². The van der Waals surface area contributed by atoms with Crippen molar-refractivity contribution in [3.05, 3.63) is 0 Å². The van der Waals surface area contributed by atoms with Crippen molar-refractivity contribution in [3.8, 4) is 0 Å². The monoisotopic (exact) mass is 270 g/mol. The van der Waals surface area contributed by atoms with E-state index >= 15 is 0 Å². The number of carbonyl (C=O) groups is 1. The van der Waals surface area contributed by atoms with Crippen molar-refractivity contribution in [1.29, 1.82) is 0 Å². The lowest BCUT2D eigenvalue weighted by Crippen LogP contribution is -2.38. The third-order valence-electron chi connectivity index (χ3n) is 3.50. The van der Waals surface area contributed by atoms with Crippen LogP contribution in [-0.2, 0) is 9.47 Å². The molecule has 2 unspecified atom stereocenters. The smallest absolute Gasteiger partial charge is 0.407 e. The Balaban J connectivity index is 1.58. The van der Waals surface area contributed by atoms with Gasteiger partial charge in [-0.05, 0) is 52.5 Å². The van der Waals surface area contributed by atoms with Crippen LogP contribution in [0.4, 0.5) is 4.79 Å². The van der Waals surface area contributed by atoms with Gasteiger partial charge in [0.05, 0.1) is 0 Å². The zero-order valence-electron chi connectivity index (χ0n) is 12.2. The van der Waals surface area contributed by atoms with Gasteiger partial charge in [-0.25, -0.2) is 4.79 Å². The molecule has 2 fully saturated rings. The molecule has 0 aromatic rings. The van der Waals surface area contributed by atoms with Crippen LogP contribution < -0.4 is 10.6 Å². The molecule has 1 aliphatic carbocycles. The fourth-order valence-corrected chi connectivity index (χ4v) is 2.31. The highest BCUT2D eigenvalue weighted by molar-refractivity contribution is 5.68. The van der Waals surface area contributed by atoms with Gasteiger partial charge in [-0.2, -0.15) is 0 Å². The van der Waals surface area contributed by atoms with Crippen molar-refractivity contribution in [2.45, 2.75) is 57.7 Å². The minimum absolute atomic E-state index is 0.231. The molecule has 5 nitrogen and oxygen atoms in total. The maximum absolute atomic E-state index is 11.6. The molecule has 5 heteroatoms. The van der Waals surface area contributed by atoms with Crippen LogP contribution in [0.15, 0.2) is 0 Å². The van der Waals surface area contributed by atoms with E-state index in [-0.39, 0.29) is 12.1 Å². The third-order valence-corrected chi connectivity index (χ3v) is 3.50. The van der Waals surface area contributed by atoms with E-state index in [4.69, 9.17) is 9.47 Å². The molecular weight excluding hydrogens is 244 g/mol. The first kappa shape index (κ1) is 14.6. The average molecular weight is 270 g/mol. The summed E-state index contributed by atoms with van der Waals surface area (Å²) in [5, 5.41) is 6.42. The van der Waals surface area contributed by atoms with Gasteiger partial charge < -0.3 is 20.1 Å². The number of amides is 1. The molecule has 1 aliphatic heterocycles. The number of carbonyl (C=O) groups excluding carboxylic acids is 1. The van der Waals surface area contributed by atoms with Gasteiger partial charge in [0.15, 0.2) is 0 Å². The van der Waals surface area contributed by atoms with E-state index in [0.717, 1.165) is 44.9 Å². The highest BCUT2D eigenvalue weighted by atomic mass is 16.6. The average Bonchev–Trinajstić information content (AvgIpc) is 3.03. The molecule has 2 N–H and O–H groups in total. The van der Waals surface area contributed by atoms with Crippen LogP contribution in [0.1, 0.15) is 40.0 Å². The van der Waals surface area contributed by atoms with E-state index in [2.05, 4.69) is 10.6 Å². The first-order chi connectivity index (χ1) is 8.94. The first-order valence-corrected chi connectivity index (χ1v) is 7.25. The molecule has 1 amide bonds. The SMILES string of the molecule is CC(C)(C)OC(=O)NC1CC1NCC1CCOCC1. The Morgan fingerprint density at radius 1 is 1.26 bits per heavy atom. The predicted molar refractivity (Wildman–Crippen MR) is 73.1 cm³/mol.